The molecule has 0 fully saturated rings. The number of hydrogen-bond acceptors (Lipinski definition) is 2. The molecule has 2 atom stereocenters. The fourth-order valence-corrected chi connectivity index (χ4v) is 4.40. The van der Waals surface area contributed by atoms with Crippen LogP contribution in [0, 0.1) is 5.92 Å². The molecule has 3 nitrogen and oxygen atoms in total. The molecule has 0 aliphatic rings. The van der Waals surface area contributed by atoms with Crippen molar-refractivity contribution in [2.75, 3.05) is 0 Å². The molecule has 0 aromatic heterocycles. The minimum atomic E-state index is -0.0833. The van der Waals surface area contributed by atoms with Crippen LogP contribution in [0.1, 0.15) is 104 Å². The van der Waals surface area contributed by atoms with E-state index in [0.29, 0.717) is 11.5 Å². The van der Waals surface area contributed by atoms with Crippen LogP contribution in [0.5, 0.6) is 0 Å². The van der Waals surface area contributed by atoms with Crippen LogP contribution in [0.25, 0.3) is 0 Å². The fourth-order valence-electron chi connectivity index (χ4n) is 4.40. The van der Waals surface area contributed by atoms with Crippen LogP contribution in [0.2, 0.25) is 0 Å². The Labute approximate surface area is 204 Å². The Hall–Kier alpha value is -1.32. The molecule has 1 rings (SSSR count). The molecule has 1 aromatic carbocycles. The van der Waals surface area contributed by atoms with Gasteiger partial charge in [-0.25, -0.2) is 0 Å². The number of hydrogen-bond donors (Lipinski definition) is 2. The van der Waals surface area contributed by atoms with Gasteiger partial charge in [-0.2, -0.15) is 0 Å². The second-order valence-electron chi connectivity index (χ2n) is 9.70. The summed E-state index contributed by atoms with van der Waals surface area (Å²) in [5, 5.41) is 7.06. The first-order chi connectivity index (χ1) is 14.8. The number of benzene rings is 1. The van der Waals surface area contributed by atoms with E-state index in [9.17, 15) is 4.79 Å². The molecule has 0 radical (unpaired) electrons. The lowest BCUT2D eigenvalue weighted by molar-refractivity contribution is -0.118. The van der Waals surface area contributed by atoms with E-state index in [1.165, 1.54) is 56.9 Å². The first-order valence-corrected chi connectivity index (χ1v) is 12.6. The van der Waals surface area contributed by atoms with Gasteiger partial charge in [-0.1, -0.05) is 102 Å². The van der Waals surface area contributed by atoms with Gasteiger partial charge in [0.2, 0.25) is 5.91 Å². The molecule has 2 N–H and O–H groups in total. The highest BCUT2D eigenvalue weighted by Crippen LogP contribution is 2.29. The molecule has 0 saturated carbocycles. The average molecular weight is 465 g/mol. The molecule has 0 heterocycles. The summed E-state index contributed by atoms with van der Waals surface area (Å²) in [4.78, 5) is 12.4. The second-order valence-corrected chi connectivity index (χ2v) is 9.70. The van der Waals surface area contributed by atoms with Gasteiger partial charge >= 0.3 is 0 Å². The highest BCUT2D eigenvalue weighted by atomic mass is 35.5. The Morgan fingerprint density at radius 3 is 2.06 bits per heavy atom. The van der Waals surface area contributed by atoms with E-state index in [1.807, 2.05) is 0 Å². The molecule has 1 amide bonds. The highest BCUT2D eigenvalue weighted by molar-refractivity contribution is 5.92. The maximum Gasteiger partial charge on any atom is 0.246 e. The van der Waals surface area contributed by atoms with Gasteiger partial charge in [0.05, 0.1) is 0 Å². The summed E-state index contributed by atoms with van der Waals surface area (Å²) >= 11 is 0. The number of carbonyl (C=O) groups excluding carboxylic acids is 1. The largest absolute Gasteiger partial charge is 0.349 e. The zero-order valence-electron chi connectivity index (χ0n) is 21.3. The Balaban J connectivity index is 0.00000961. The average Bonchev–Trinajstić information content (AvgIpc) is 2.76. The van der Waals surface area contributed by atoms with Gasteiger partial charge in [0.1, 0.15) is 0 Å². The third kappa shape index (κ3) is 12.1. The topological polar surface area (TPSA) is 41.1 Å². The predicted octanol–water partition coefficient (Wildman–Crippen LogP) is 7.59. The summed E-state index contributed by atoms with van der Waals surface area (Å²) in [5.41, 5.74) is 1.79. The molecule has 4 heteroatoms. The van der Waals surface area contributed by atoms with Crippen molar-refractivity contribution < 1.29 is 4.79 Å². The Morgan fingerprint density at radius 1 is 0.969 bits per heavy atom. The van der Waals surface area contributed by atoms with Crippen molar-refractivity contribution in [1.29, 1.82) is 0 Å². The molecular formula is C28H49ClN2O. The number of halogens is 1. The third-order valence-corrected chi connectivity index (χ3v) is 6.52. The van der Waals surface area contributed by atoms with Gasteiger partial charge in [0.25, 0.3) is 0 Å². The normalized spacial score (nSPS) is 13.2. The number of amides is 1. The van der Waals surface area contributed by atoms with Crippen molar-refractivity contribution in [2.24, 2.45) is 5.92 Å². The number of unbranched alkanes of at least 4 members (excludes halogenated alkanes) is 7. The van der Waals surface area contributed by atoms with Gasteiger partial charge in [0, 0.05) is 23.7 Å². The summed E-state index contributed by atoms with van der Waals surface area (Å²) in [6.45, 7) is 15.5. The van der Waals surface area contributed by atoms with Crippen LogP contribution in [0.4, 0.5) is 0 Å². The first-order valence-electron chi connectivity index (χ1n) is 12.6. The van der Waals surface area contributed by atoms with E-state index in [2.05, 4.69) is 75.2 Å². The summed E-state index contributed by atoms with van der Waals surface area (Å²) in [5.74, 6) is 0.344. The Morgan fingerprint density at radius 2 is 1.53 bits per heavy atom. The van der Waals surface area contributed by atoms with Crippen LogP contribution in [-0.2, 0) is 11.3 Å². The standard InChI is InChI=1S/C28H48N2O.ClH/c1-7-9-10-11-12-13-14-18-21-25(26(8-2)30-27(31)23(3)4)28(5,6)29-22-24-19-16-15-17-20-24;/h15-17,19-20,25-26,29H,3,7-14,18,21-22H2,1-2,4-6H3,(H,30,31);1H. The van der Waals surface area contributed by atoms with E-state index < -0.39 is 0 Å². The Bertz CT molecular complexity index is 630. The summed E-state index contributed by atoms with van der Waals surface area (Å²) in [6.07, 6.45) is 12.6. The molecular weight excluding hydrogens is 416 g/mol. The number of rotatable bonds is 17. The molecule has 0 saturated heterocycles. The molecule has 0 aliphatic carbocycles. The summed E-state index contributed by atoms with van der Waals surface area (Å²) in [7, 11) is 0. The number of carbonyl (C=O) groups is 1. The van der Waals surface area contributed by atoms with E-state index in [-0.39, 0.29) is 29.9 Å². The van der Waals surface area contributed by atoms with E-state index in [1.54, 1.807) is 6.92 Å². The van der Waals surface area contributed by atoms with Gasteiger partial charge in [0.15, 0.2) is 0 Å². The Kier molecular flexibility index (Phi) is 16.5. The van der Waals surface area contributed by atoms with Crippen molar-refractivity contribution >= 4 is 18.3 Å². The first kappa shape index (κ1) is 30.7. The predicted molar refractivity (Wildman–Crippen MR) is 142 cm³/mol. The molecule has 2 unspecified atom stereocenters. The van der Waals surface area contributed by atoms with Crippen LogP contribution in [0.3, 0.4) is 0 Å². The monoisotopic (exact) mass is 464 g/mol. The van der Waals surface area contributed by atoms with Crippen molar-refractivity contribution in [1.82, 2.24) is 10.6 Å². The minimum Gasteiger partial charge on any atom is -0.349 e. The van der Waals surface area contributed by atoms with Crippen LogP contribution < -0.4 is 10.6 Å². The van der Waals surface area contributed by atoms with Crippen molar-refractivity contribution in [2.45, 2.75) is 117 Å². The van der Waals surface area contributed by atoms with E-state index in [0.717, 1.165) is 19.4 Å². The van der Waals surface area contributed by atoms with E-state index >= 15 is 0 Å². The van der Waals surface area contributed by atoms with Gasteiger partial charge in [-0.15, -0.1) is 12.4 Å². The van der Waals surface area contributed by atoms with Crippen LogP contribution in [0.15, 0.2) is 42.5 Å². The lowest BCUT2D eigenvalue weighted by atomic mass is 9.77. The van der Waals surface area contributed by atoms with Gasteiger partial charge in [-0.3, -0.25) is 4.79 Å². The molecule has 0 aliphatic heterocycles. The molecule has 1 aromatic rings. The zero-order chi connectivity index (χ0) is 23.1. The summed E-state index contributed by atoms with van der Waals surface area (Å²) < 4.78 is 0. The lowest BCUT2D eigenvalue weighted by Crippen LogP contribution is -2.54. The number of nitrogens with one attached hydrogen (secondary N) is 2. The maximum atomic E-state index is 12.4. The smallest absolute Gasteiger partial charge is 0.246 e. The van der Waals surface area contributed by atoms with Gasteiger partial charge < -0.3 is 10.6 Å². The molecule has 0 spiro atoms. The molecule has 184 valence electrons. The van der Waals surface area contributed by atoms with Crippen molar-refractivity contribution in [3.63, 3.8) is 0 Å². The maximum absolute atomic E-state index is 12.4. The summed E-state index contributed by atoms with van der Waals surface area (Å²) in [6, 6.07) is 10.7. The van der Waals surface area contributed by atoms with Crippen molar-refractivity contribution in [3.05, 3.63) is 48.0 Å². The second kappa shape index (κ2) is 17.2. The van der Waals surface area contributed by atoms with E-state index in [4.69, 9.17) is 0 Å². The molecule has 32 heavy (non-hydrogen) atoms. The minimum absolute atomic E-state index is 0. The quantitative estimate of drug-likeness (QED) is 0.184. The van der Waals surface area contributed by atoms with Crippen LogP contribution in [-0.4, -0.2) is 17.5 Å². The van der Waals surface area contributed by atoms with Crippen molar-refractivity contribution in [3.8, 4) is 0 Å². The SMILES string of the molecule is C=C(C)C(=O)NC(CC)C(CCCCCCCCCC)C(C)(C)NCc1ccccc1.Cl. The fraction of sp³-hybridized carbons (Fsp3) is 0.679. The lowest BCUT2D eigenvalue weighted by Gasteiger charge is -2.41. The van der Waals surface area contributed by atoms with Gasteiger partial charge in [-0.05, 0) is 45.1 Å². The zero-order valence-corrected chi connectivity index (χ0v) is 22.2. The highest BCUT2D eigenvalue weighted by Gasteiger charge is 2.35. The third-order valence-electron chi connectivity index (χ3n) is 6.52. The van der Waals surface area contributed by atoms with Crippen LogP contribution >= 0.6 is 12.4 Å². The molecule has 0 bridgehead atoms.